The normalized spacial score (nSPS) is 12.7. The van der Waals surface area contributed by atoms with Crippen molar-refractivity contribution in [3.05, 3.63) is 182 Å². The molecule has 0 amide bonds. The molecule has 0 saturated carbocycles. The van der Waals surface area contributed by atoms with E-state index in [2.05, 4.69) is 99.3 Å². The molecule has 0 aliphatic heterocycles. The van der Waals surface area contributed by atoms with Crippen LogP contribution in [0.25, 0.3) is 149 Å². The average Bonchev–Trinajstić information content (AvgIpc) is 3.98. The summed E-state index contributed by atoms with van der Waals surface area (Å²) in [5, 5.41) is 19.9. The Morgan fingerprint density at radius 2 is 1.09 bits per heavy atom. The molecule has 0 unspecified atom stereocenters. The zero-order valence-corrected chi connectivity index (χ0v) is 37.8. The summed E-state index contributed by atoms with van der Waals surface area (Å²) in [5.74, 6) is 0. The summed E-state index contributed by atoms with van der Waals surface area (Å²) in [7, 11) is 0. The van der Waals surface area contributed by atoms with Gasteiger partial charge in [0, 0.05) is 38.5 Å². The minimum Gasteiger partial charge on any atom is -0.268 e. The van der Waals surface area contributed by atoms with E-state index in [9.17, 15) is 9.59 Å². The van der Waals surface area contributed by atoms with Crippen molar-refractivity contribution in [2.24, 2.45) is 0 Å². The van der Waals surface area contributed by atoms with E-state index >= 15 is 0 Å². The van der Waals surface area contributed by atoms with Gasteiger partial charge in [0.05, 0.1) is 16.7 Å². The fourth-order valence-electron chi connectivity index (χ4n) is 11.7. The first kappa shape index (κ1) is 38.9. The van der Waals surface area contributed by atoms with E-state index in [0.29, 0.717) is 27.8 Å². The molecule has 14 rings (SSSR count). The highest BCUT2D eigenvalue weighted by Gasteiger charge is 2.25. The van der Waals surface area contributed by atoms with Crippen LogP contribution in [0.3, 0.4) is 0 Å². The maximum absolute atomic E-state index is 14.5. The largest absolute Gasteiger partial charge is 0.268 e. The van der Waals surface area contributed by atoms with Gasteiger partial charge in [-0.05, 0) is 175 Å². The molecule has 0 fully saturated rings. The summed E-state index contributed by atoms with van der Waals surface area (Å²) in [6, 6.07) is 36.2. The highest BCUT2D eigenvalue weighted by molar-refractivity contribution is 6.41. The maximum atomic E-state index is 14.5. The summed E-state index contributed by atoms with van der Waals surface area (Å²) < 4.78 is 3.44. The summed E-state index contributed by atoms with van der Waals surface area (Å²) in [6.45, 7) is 19.2. The van der Waals surface area contributed by atoms with Gasteiger partial charge in [0.1, 0.15) is 11.3 Å². The predicted molar refractivity (Wildman–Crippen MR) is 286 cm³/mol. The molecule has 0 radical (unpaired) electrons. The summed E-state index contributed by atoms with van der Waals surface area (Å²) in [4.78, 5) is 38.2. The van der Waals surface area contributed by atoms with Crippen molar-refractivity contribution in [3.8, 4) is 11.1 Å². The second-order valence-corrected chi connectivity index (χ2v) is 18.0. The van der Waals surface area contributed by atoms with E-state index in [1.807, 2.05) is 69.3 Å². The second kappa shape index (κ2) is 13.8. The second-order valence-electron chi connectivity index (χ2n) is 18.0. The van der Waals surface area contributed by atoms with Gasteiger partial charge in [-0.25, -0.2) is 9.97 Å². The monoisotopic (exact) mass is 862 g/mol. The van der Waals surface area contributed by atoms with Gasteiger partial charge in [0.15, 0.2) is 0 Å². The van der Waals surface area contributed by atoms with Gasteiger partial charge < -0.3 is 0 Å². The Bertz CT molecular complexity index is 4740. The van der Waals surface area contributed by atoms with Crippen molar-refractivity contribution < 1.29 is 0 Å². The number of hydrogen-bond donors (Lipinski definition) is 0. The van der Waals surface area contributed by atoms with Gasteiger partial charge in [-0.1, -0.05) is 104 Å². The van der Waals surface area contributed by atoms with Crippen LogP contribution in [0.2, 0.25) is 0 Å². The lowest BCUT2D eigenvalue weighted by Gasteiger charge is -2.22. The predicted octanol–water partition coefficient (Wildman–Crippen LogP) is 14.2. The summed E-state index contributed by atoms with van der Waals surface area (Å²) in [5.41, 5.74) is 9.05. The molecule has 0 aliphatic rings. The van der Waals surface area contributed by atoms with E-state index in [4.69, 9.17) is 16.5 Å². The molecule has 6 nitrogen and oxygen atoms in total. The molecule has 0 aliphatic carbocycles. The Morgan fingerprint density at radius 1 is 0.537 bits per heavy atom. The lowest BCUT2D eigenvalue weighted by atomic mass is 9.82. The summed E-state index contributed by atoms with van der Waals surface area (Å²) in [6.07, 6.45) is 11.7. The fraction of sp³-hybridized carbons (Fsp3) is 0.0820. The molecule has 14 aromatic rings. The van der Waals surface area contributed by atoms with Crippen LogP contribution in [0.5, 0.6) is 0 Å². The molecule has 4 heterocycles. The number of aryl methyl sites for hydroxylation is 2. The van der Waals surface area contributed by atoms with Crippen molar-refractivity contribution in [1.82, 2.24) is 18.8 Å². The van der Waals surface area contributed by atoms with Gasteiger partial charge in [0.25, 0.3) is 11.1 Å². The molecular weight excluding hydrogens is 821 g/mol. The standard InChI is InChI=1S/C57H34N4O2.C4H8/c1-6-10-30-13-14-42-53-43(55-59-44-11-8-9-12-45(44)61(55)57(42)63)25-27(3)46(48(30)53)32-15-17-34-35-19-20-37-39-22-24-41-52-40(54-58-31(7-2)26-60(54)56(41)62)23-21-38(51(39)52)36-18-16-33(49(35)50(36)37)29(5)47(34)28(32)4;1-3-4-2/h6-26H,2,5H2,1,3-4H3;3-4H,1-2H3/b10-6+;4-3-. The van der Waals surface area contributed by atoms with E-state index in [1.165, 1.54) is 16.2 Å². The Labute approximate surface area is 383 Å². The number of pyridine rings is 2. The van der Waals surface area contributed by atoms with Gasteiger partial charge >= 0.3 is 0 Å². The van der Waals surface area contributed by atoms with E-state index < -0.39 is 0 Å². The maximum Gasteiger partial charge on any atom is 0.264 e. The molecule has 0 spiro atoms. The topological polar surface area (TPSA) is 68.7 Å². The Hall–Kier alpha value is -8.48. The van der Waals surface area contributed by atoms with Gasteiger partial charge in [-0.15, -0.1) is 0 Å². The van der Waals surface area contributed by atoms with Gasteiger partial charge in [-0.2, -0.15) is 0 Å². The van der Waals surface area contributed by atoms with E-state index in [-0.39, 0.29) is 11.1 Å². The van der Waals surface area contributed by atoms with Crippen LogP contribution in [0, 0.1) is 13.8 Å². The highest BCUT2D eigenvalue weighted by Crippen LogP contribution is 2.48. The lowest BCUT2D eigenvalue weighted by molar-refractivity contribution is 1.15. The molecule has 0 saturated heterocycles. The lowest BCUT2D eigenvalue weighted by Crippen LogP contribution is -2.14. The van der Waals surface area contributed by atoms with Crippen LogP contribution >= 0.6 is 0 Å². The Morgan fingerprint density at radius 3 is 1.76 bits per heavy atom. The highest BCUT2D eigenvalue weighted by atomic mass is 16.1. The Kier molecular flexibility index (Phi) is 8.00. The number of aromatic nitrogens is 4. The number of hydrogen-bond acceptors (Lipinski definition) is 4. The van der Waals surface area contributed by atoms with Gasteiger partial charge in [-0.3, -0.25) is 18.4 Å². The smallest absolute Gasteiger partial charge is 0.264 e. The number of allylic oxidation sites excluding steroid dienone is 3. The third kappa shape index (κ3) is 4.88. The molecule has 0 N–H and O–H groups in total. The number of para-hydroxylation sites is 2. The average molecular weight is 863 g/mol. The van der Waals surface area contributed by atoms with Crippen molar-refractivity contribution in [1.29, 1.82) is 0 Å². The number of nitrogens with zero attached hydrogens (tertiary/aromatic N) is 4. The van der Waals surface area contributed by atoms with Gasteiger partial charge in [0.2, 0.25) is 0 Å². The third-order valence-corrected chi connectivity index (χ3v) is 14.6. The number of rotatable bonds is 3. The SMILES string of the molecule is C/C=C\C.C=Cc1cn2c(=O)c3ccc4c5ccc6c7ccc(-c8c(C)cc9c%10c8c(/C=C/C)ccc%10c(=O)n8c%10ccccc%10nc98)c(C)c7c(=C)c7ccc(c8ccc(c3c48)c2n1)c5c76. The van der Waals surface area contributed by atoms with Crippen LogP contribution in [-0.4, -0.2) is 18.8 Å². The molecule has 10 aromatic carbocycles. The van der Waals surface area contributed by atoms with E-state index in [0.717, 1.165) is 114 Å². The molecule has 318 valence electrons. The van der Waals surface area contributed by atoms with Crippen molar-refractivity contribution >= 4 is 138 Å². The quantitative estimate of drug-likeness (QED) is 0.101. The fourth-order valence-corrected chi connectivity index (χ4v) is 11.7. The number of fused-ring (bicyclic) bond motifs is 10. The first-order valence-electron chi connectivity index (χ1n) is 22.8. The van der Waals surface area contributed by atoms with E-state index in [1.54, 1.807) is 21.1 Å². The molecule has 0 atom stereocenters. The number of benzene rings is 10. The minimum absolute atomic E-state index is 0.0594. The van der Waals surface area contributed by atoms with Crippen LogP contribution in [0.4, 0.5) is 0 Å². The van der Waals surface area contributed by atoms with Crippen molar-refractivity contribution in [3.63, 3.8) is 0 Å². The molecular formula is C61H42N4O2. The molecule has 6 heteroatoms. The Balaban J connectivity index is 0.00000107. The molecule has 67 heavy (non-hydrogen) atoms. The van der Waals surface area contributed by atoms with Crippen molar-refractivity contribution in [2.75, 3.05) is 0 Å². The minimum atomic E-state index is -0.0735. The van der Waals surface area contributed by atoms with Crippen LogP contribution in [0.15, 0.2) is 144 Å². The number of imidazole rings is 2. The first-order chi connectivity index (χ1) is 32.7. The zero-order valence-electron chi connectivity index (χ0n) is 37.8. The molecule has 0 bridgehead atoms. The first-order valence-corrected chi connectivity index (χ1v) is 22.8. The molecule has 4 aromatic heterocycles. The summed E-state index contributed by atoms with van der Waals surface area (Å²) >= 11 is 0. The third-order valence-electron chi connectivity index (χ3n) is 14.6. The van der Waals surface area contributed by atoms with Crippen LogP contribution < -0.4 is 16.3 Å². The zero-order chi connectivity index (χ0) is 45.7. The van der Waals surface area contributed by atoms with Crippen molar-refractivity contribution in [2.45, 2.75) is 34.6 Å². The van der Waals surface area contributed by atoms with Crippen LogP contribution in [0.1, 0.15) is 43.2 Å². The van der Waals surface area contributed by atoms with Crippen LogP contribution in [-0.2, 0) is 0 Å².